The average molecular weight is 512 g/mol. The zero-order valence-corrected chi connectivity index (χ0v) is 21.3. The summed E-state index contributed by atoms with van der Waals surface area (Å²) in [5, 5.41) is 0.850. The van der Waals surface area contributed by atoms with Crippen molar-refractivity contribution in [1.82, 2.24) is 4.90 Å². The third-order valence-electron chi connectivity index (χ3n) is 5.29. The summed E-state index contributed by atoms with van der Waals surface area (Å²) < 4.78 is 22.0. The molecule has 10 heteroatoms. The van der Waals surface area contributed by atoms with Gasteiger partial charge in [0.05, 0.1) is 20.1 Å². The molecule has 34 heavy (non-hydrogen) atoms. The van der Waals surface area contributed by atoms with Gasteiger partial charge in [0.2, 0.25) is 0 Å². The van der Waals surface area contributed by atoms with E-state index in [1.807, 2.05) is 0 Å². The lowest BCUT2D eigenvalue weighted by Crippen LogP contribution is -2.54. The highest BCUT2D eigenvalue weighted by Gasteiger charge is 2.40. The molecular formula is C24H29Cl2N2O6+. The van der Waals surface area contributed by atoms with E-state index in [9.17, 15) is 9.59 Å². The normalized spacial score (nSPS) is 14.7. The summed E-state index contributed by atoms with van der Waals surface area (Å²) in [6.07, 6.45) is 2.32. The van der Waals surface area contributed by atoms with Crippen molar-refractivity contribution >= 4 is 35.3 Å². The average Bonchev–Trinajstić information content (AvgIpc) is 2.72. The van der Waals surface area contributed by atoms with Gasteiger partial charge in [-0.3, -0.25) is 4.79 Å². The summed E-state index contributed by atoms with van der Waals surface area (Å²) in [6.45, 7) is 5.84. The summed E-state index contributed by atoms with van der Waals surface area (Å²) in [4.78, 5) is 29.5. The van der Waals surface area contributed by atoms with Gasteiger partial charge in [0.1, 0.15) is 21.8 Å². The molecule has 184 valence electrons. The van der Waals surface area contributed by atoms with Crippen LogP contribution in [0.4, 0.5) is 4.79 Å². The lowest BCUT2D eigenvalue weighted by Gasteiger charge is -2.38. The summed E-state index contributed by atoms with van der Waals surface area (Å²) in [7, 11) is 3.07. The van der Waals surface area contributed by atoms with E-state index in [0.717, 1.165) is 0 Å². The monoisotopic (exact) mass is 511 g/mol. The van der Waals surface area contributed by atoms with Gasteiger partial charge in [-0.25, -0.2) is 9.78 Å². The number of carbonyl (C=O) groups is 2. The van der Waals surface area contributed by atoms with Gasteiger partial charge in [0, 0.05) is 25.1 Å². The Kier molecular flexibility index (Phi) is 8.15. The number of esters is 1. The first-order chi connectivity index (χ1) is 16.0. The molecule has 0 bridgehead atoms. The van der Waals surface area contributed by atoms with E-state index in [0.29, 0.717) is 32.7 Å². The van der Waals surface area contributed by atoms with Crippen LogP contribution in [0.1, 0.15) is 38.0 Å². The van der Waals surface area contributed by atoms with Crippen LogP contribution in [0.3, 0.4) is 0 Å². The Hall–Kier alpha value is -2.71. The van der Waals surface area contributed by atoms with Crippen molar-refractivity contribution < 1.29 is 33.5 Å². The lowest BCUT2D eigenvalue weighted by molar-refractivity contribution is -0.377. The Balaban J connectivity index is 1.78. The Morgan fingerprint density at radius 1 is 1.09 bits per heavy atom. The SMILES string of the molecule is COc1ccc([C@H](Cc2c(Cl)c[nH+]cc2Cl)OC(=O)C2CN(C(=O)OC(C)(C)C)C2)cc1OC. The van der Waals surface area contributed by atoms with Gasteiger partial charge in [0.15, 0.2) is 23.9 Å². The van der Waals surface area contributed by atoms with Crippen molar-refractivity contribution in [2.45, 2.75) is 38.9 Å². The Labute approximate surface area is 209 Å². The van der Waals surface area contributed by atoms with Gasteiger partial charge < -0.3 is 23.8 Å². The Morgan fingerprint density at radius 2 is 1.71 bits per heavy atom. The predicted molar refractivity (Wildman–Crippen MR) is 126 cm³/mol. The van der Waals surface area contributed by atoms with Crippen molar-refractivity contribution in [2.75, 3.05) is 27.3 Å². The molecule has 0 spiro atoms. The molecule has 1 aliphatic heterocycles. The van der Waals surface area contributed by atoms with Crippen molar-refractivity contribution in [1.29, 1.82) is 0 Å². The first-order valence-electron chi connectivity index (χ1n) is 10.8. The molecule has 1 aromatic heterocycles. The minimum Gasteiger partial charge on any atom is -0.493 e. The number of nitrogens with zero attached hydrogens (tertiary/aromatic N) is 1. The summed E-state index contributed by atoms with van der Waals surface area (Å²) in [6, 6.07) is 5.29. The number of carbonyl (C=O) groups excluding carboxylic acids is 2. The minimum atomic E-state index is -0.694. The smallest absolute Gasteiger partial charge is 0.410 e. The molecule has 2 aromatic rings. The summed E-state index contributed by atoms with van der Waals surface area (Å²) >= 11 is 12.7. The van der Waals surface area contributed by atoms with Crippen LogP contribution in [-0.2, 0) is 20.7 Å². The number of aromatic nitrogens is 1. The third-order valence-corrected chi connectivity index (χ3v) is 5.97. The summed E-state index contributed by atoms with van der Waals surface area (Å²) in [5.41, 5.74) is 0.722. The molecule has 1 fully saturated rings. The molecule has 0 unspecified atom stereocenters. The maximum Gasteiger partial charge on any atom is 0.410 e. The highest BCUT2D eigenvalue weighted by atomic mass is 35.5. The van der Waals surface area contributed by atoms with Gasteiger partial charge >= 0.3 is 12.1 Å². The molecule has 1 amide bonds. The van der Waals surface area contributed by atoms with Crippen LogP contribution >= 0.6 is 23.2 Å². The number of amides is 1. The Morgan fingerprint density at radius 3 is 2.26 bits per heavy atom. The summed E-state index contributed by atoms with van der Waals surface area (Å²) in [5.74, 6) is 0.174. The van der Waals surface area contributed by atoms with Crippen molar-refractivity contribution in [3.05, 3.63) is 51.8 Å². The van der Waals surface area contributed by atoms with E-state index in [2.05, 4.69) is 4.98 Å². The second kappa shape index (κ2) is 10.7. The van der Waals surface area contributed by atoms with Crippen LogP contribution < -0.4 is 14.5 Å². The largest absolute Gasteiger partial charge is 0.493 e. The number of halogens is 2. The molecule has 8 nitrogen and oxygen atoms in total. The number of pyridine rings is 1. The van der Waals surface area contributed by atoms with E-state index < -0.39 is 29.7 Å². The van der Waals surface area contributed by atoms with Gasteiger partial charge in [-0.2, -0.15) is 0 Å². The number of rotatable bonds is 7. The number of benzene rings is 1. The topological polar surface area (TPSA) is 88.4 Å². The molecule has 0 aliphatic carbocycles. The lowest BCUT2D eigenvalue weighted by atomic mass is 9.99. The molecule has 1 aliphatic rings. The van der Waals surface area contributed by atoms with Crippen molar-refractivity contribution in [3.63, 3.8) is 0 Å². The van der Waals surface area contributed by atoms with Crippen LogP contribution in [0.5, 0.6) is 11.5 Å². The van der Waals surface area contributed by atoms with Crippen molar-refractivity contribution in [3.8, 4) is 11.5 Å². The van der Waals surface area contributed by atoms with E-state index in [1.54, 1.807) is 58.5 Å². The van der Waals surface area contributed by atoms with E-state index >= 15 is 0 Å². The molecule has 0 radical (unpaired) electrons. The first-order valence-corrected chi connectivity index (χ1v) is 11.5. The number of hydrogen-bond donors (Lipinski definition) is 0. The quantitative estimate of drug-likeness (QED) is 0.507. The standard InChI is InChI=1S/C24H28Cl2N2O6/c1-24(2,3)34-23(30)28-12-15(13-28)22(29)33-20(9-16-17(25)10-27-11-18(16)26)14-6-7-19(31-4)21(8-14)32-5/h6-8,10-11,15,20H,9,12-13H2,1-5H3/p+1/t20-/m0/s1. The molecular weight excluding hydrogens is 483 g/mol. The van der Waals surface area contributed by atoms with Crippen LogP contribution in [0.25, 0.3) is 0 Å². The molecule has 1 atom stereocenters. The van der Waals surface area contributed by atoms with Crippen LogP contribution in [0, 0.1) is 5.92 Å². The second-order valence-corrected chi connectivity index (χ2v) is 9.77. The minimum absolute atomic E-state index is 0.230. The number of nitrogens with one attached hydrogen (secondary N) is 1. The number of H-pyrrole nitrogens is 1. The maximum atomic E-state index is 13.0. The molecule has 3 rings (SSSR count). The highest BCUT2D eigenvalue weighted by molar-refractivity contribution is 6.35. The van der Waals surface area contributed by atoms with E-state index in [4.69, 9.17) is 42.1 Å². The second-order valence-electron chi connectivity index (χ2n) is 8.96. The Bertz CT molecular complexity index is 1030. The maximum absolute atomic E-state index is 13.0. The van der Waals surface area contributed by atoms with Crippen LogP contribution in [0.15, 0.2) is 30.6 Å². The first kappa shape index (κ1) is 25.9. The fourth-order valence-corrected chi connectivity index (χ4v) is 4.01. The number of methoxy groups -OCH3 is 2. The fourth-order valence-electron chi connectivity index (χ4n) is 3.48. The molecule has 0 saturated carbocycles. The van der Waals surface area contributed by atoms with E-state index in [-0.39, 0.29) is 19.5 Å². The van der Waals surface area contributed by atoms with Gasteiger partial charge in [0.25, 0.3) is 0 Å². The zero-order chi connectivity index (χ0) is 25.0. The van der Waals surface area contributed by atoms with Gasteiger partial charge in [-0.1, -0.05) is 29.3 Å². The number of aromatic amines is 1. The number of hydrogen-bond acceptors (Lipinski definition) is 6. The van der Waals surface area contributed by atoms with E-state index in [1.165, 1.54) is 12.0 Å². The highest BCUT2D eigenvalue weighted by Crippen LogP contribution is 2.35. The molecule has 1 aromatic carbocycles. The number of likely N-dealkylation sites (tertiary alicyclic amines) is 1. The fraction of sp³-hybridized carbons (Fsp3) is 0.458. The zero-order valence-electron chi connectivity index (χ0n) is 19.8. The van der Waals surface area contributed by atoms with Crippen LogP contribution in [0.2, 0.25) is 10.0 Å². The predicted octanol–water partition coefficient (Wildman–Crippen LogP) is 4.52. The van der Waals surface area contributed by atoms with Crippen LogP contribution in [-0.4, -0.2) is 49.9 Å². The molecule has 1 N–H and O–H groups in total. The molecule has 1 saturated heterocycles. The third kappa shape index (κ3) is 6.24. The van der Waals surface area contributed by atoms with Gasteiger partial charge in [-0.15, -0.1) is 0 Å². The van der Waals surface area contributed by atoms with Crippen molar-refractivity contribution in [2.24, 2.45) is 5.92 Å². The number of ether oxygens (including phenoxy) is 4. The molecule has 2 heterocycles. The van der Waals surface area contributed by atoms with Gasteiger partial charge in [-0.05, 0) is 38.5 Å².